The van der Waals surface area contributed by atoms with E-state index in [0.717, 1.165) is 37.7 Å². The van der Waals surface area contributed by atoms with Crippen molar-refractivity contribution >= 4 is 28.4 Å². The number of H-pyrrole nitrogens is 1. The fraction of sp³-hybridized carbons (Fsp3) is 0.529. The molecule has 2 aromatic rings. The summed E-state index contributed by atoms with van der Waals surface area (Å²) in [6.07, 6.45) is 4.27. The SMILES string of the molecule is CC(C)(O)CC1CCN(C(=O)c2cc3ccnc(Cl)c3[nH]2)CC1. The summed E-state index contributed by atoms with van der Waals surface area (Å²) >= 11 is 6.05. The van der Waals surface area contributed by atoms with Crippen LogP contribution in [0.15, 0.2) is 18.3 Å². The van der Waals surface area contributed by atoms with E-state index in [2.05, 4.69) is 9.97 Å². The van der Waals surface area contributed by atoms with Gasteiger partial charge in [0.15, 0.2) is 5.15 Å². The largest absolute Gasteiger partial charge is 0.390 e. The molecular formula is C17H22ClN3O2. The van der Waals surface area contributed by atoms with Crippen LogP contribution in [0.1, 0.15) is 43.6 Å². The number of halogens is 1. The third-order valence-electron chi connectivity index (χ3n) is 4.42. The number of hydrogen-bond donors (Lipinski definition) is 2. The second-order valence-corrected chi connectivity index (χ2v) is 7.36. The number of aliphatic hydroxyl groups is 1. The highest BCUT2D eigenvalue weighted by atomic mass is 35.5. The van der Waals surface area contributed by atoms with Crippen LogP contribution < -0.4 is 0 Å². The molecule has 3 heterocycles. The summed E-state index contributed by atoms with van der Waals surface area (Å²) in [5.74, 6) is 0.472. The van der Waals surface area contributed by atoms with Gasteiger partial charge >= 0.3 is 0 Å². The maximum absolute atomic E-state index is 12.7. The molecule has 0 bridgehead atoms. The highest BCUT2D eigenvalue weighted by Crippen LogP contribution is 2.27. The Morgan fingerprint density at radius 3 is 2.78 bits per heavy atom. The lowest BCUT2D eigenvalue weighted by Crippen LogP contribution is -2.40. The number of fused-ring (bicyclic) bond motifs is 1. The number of nitrogens with zero attached hydrogens (tertiary/aromatic N) is 2. The van der Waals surface area contributed by atoms with Crippen LogP contribution in [0.5, 0.6) is 0 Å². The van der Waals surface area contributed by atoms with E-state index in [9.17, 15) is 9.90 Å². The van der Waals surface area contributed by atoms with Crippen LogP contribution in [-0.2, 0) is 0 Å². The number of nitrogens with one attached hydrogen (secondary N) is 1. The van der Waals surface area contributed by atoms with Crippen LogP contribution in [0.4, 0.5) is 0 Å². The molecule has 1 aliphatic rings. The number of carbonyl (C=O) groups is 1. The first kappa shape index (κ1) is 16.3. The molecule has 0 spiro atoms. The van der Waals surface area contributed by atoms with Crippen molar-refractivity contribution in [2.24, 2.45) is 5.92 Å². The Kier molecular flexibility index (Phi) is 4.34. The van der Waals surface area contributed by atoms with Crippen LogP contribution in [0.3, 0.4) is 0 Å². The average molecular weight is 336 g/mol. The van der Waals surface area contributed by atoms with Crippen LogP contribution in [0.2, 0.25) is 5.15 Å². The monoisotopic (exact) mass is 335 g/mol. The topological polar surface area (TPSA) is 69.2 Å². The molecule has 0 aromatic carbocycles. The molecule has 2 aromatic heterocycles. The van der Waals surface area contributed by atoms with Crippen LogP contribution in [0, 0.1) is 5.92 Å². The van der Waals surface area contributed by atoms with Crippen LogP contribution >= 0.6 is 11.6 Å². The van der Waals surface area contributed by atoms with Gasteiger partial charge in [-0.3, -0.25) is 4.79 Å². The van der Waals surface area contributed by atoms with Gasteiger partial charge in [-0.15, -0.1) is 0 Å². The van der Waals surface area contributed by atoms with Gasteiger partial charge in [0, 0.05) is 24.7 Å². The zero-order chi connectivity index (χ0) is 16.6. The molecule has 2 N–H and O–H groups in total. The molecule has 1 aliphatic heterocycles. The Bertz CT molecular complexity index is 712. The zero-order valence-electron chi connectivity index (χ0n) is 13.5. The van der Waals surface area contributed by atoms with Gasteiger partial charge in [-0.25, -0.2) is 4.98 Å². The van der Waals surface area contributed by atoms with Crippen LogP contribution in [0.25, 0.3) is 10.9 Å². The molecule has 6 heteroatoms. The summed E-state index contributed by atoms with van der Waals surface area (Å²) in [6, 6.07) is 3.66. The molecule has 0 atom stereocenters. The fourth-order valence-corrected chi connectivity index (χ4v) is 3.57. The van der Waals surface area contributed by atoms with Crippen molar-refractivity contribution in [3.8, 4) is 0 Å². The molecule has 0 radical (unpaired) electrons. The Balaban J connectivity index is 1.68. The van der Waals surface area contributed by atoms with E-state index in [1.165, 1.54) is 0 Å². The van der Waals surface area contributed by atoms with Crippen molar-refractivity contribution in [3.63, 3.8) is 0 Å². The maximum Gasteiger partial charge on any atom is 0.270 e. The van der Waals surface area contributed by atoms with Crippen molar-refractivity contribution in [2.75, 3.05) is 13.1 Å². The van der Waals surface area contributed by atoms with Crippen molar-refractivity contribution in [1.29, 1.82) is 0 Å². The van der Waals surface area contributed by atoms with E-state index in [0.29, 0.717) is 22.3 Å². The number of pyridine rings is 1. The number of piperidine rings is 1. The molecule has 0 unspecified atom stereocenters. The minimum absolute atomic E-state index is 0.000949. The van der Waals surface area contributed by atoms with Crippen molar-refractivity contribution in [1.82, 2.24) is 14.9 Å². The van der Waals surface area contributed by atoms with Crippen molar-refractivity contribution in [3.05, 3.63) is 29.2 Å². The average Bonchev–Trinajstić information content (AvgIpc) is 2.91. The van der Waals surface area contributed by atoms with E-state index in [-0.39, 0.29) is 5.91 Å². The third kappa shape index (κ3) is 3.67. The lowest BCUT2D eigenvalue weighted by Gasteiger charge is -2.34. The quantitative estimate of drug-likeness (QED) is 0.846. The summed E-state index contributed by atoms with van der Waals surface area (Å²) in [4.78, 5) is 21.6. The van der Waals surface area contributed by atoms with Gasteiger partial charge in [-0.05, 0) is 51.2 Å². The van der Waals surface area contributed by atoms with E-state index in [1.807, 2.05) is 30.9 Å². The lowest BCUT2D eigenvalue weighted by atomic mass is 9.86. The Labute approximate surface area is 140 Å². The van der Waals surface area contributed by atoms with Gasteiger partial charge in [-0.2, -0.15) is 0 Å². The maximum atomic E-state index is 12.7. The highest BCUT2D eigenvalue weighted by Gasteiger charge is 2.28. The first-order valence-electron chi connectivity index (χ1n) is 7.98. The zero-order valence-corrected chi connectivity index (χ0v) is 14.2. The number of aromatic nitrogens is 2. The standard InChI is InChI=1S/C17H22ClN3O2/c1-17(2,23)10-11-4-7-21(8-5-11)16(22)13-9-12-3-6-19-15(18)14(12)20-13/h3,6,9,11,20,23H,4-5,7-8,10H2,1-2H3. The van der Waals surface area contributed by atoms with Crippen LogP contribution in [-0.4, -0.2) is 44.6 Å². The molecule has 3 rings (SSSR count). The van der Waals surface area contributed by atoms with E-state index < -0.39 is 5.60 Å². The van der Waals surface area contributed by atoms with Gasteiger partial charge in [0.2, 0.25) is 0 Å². The smallest absolute Gasteiger partial charge is 0.270 e. The first-order valence-corrected chi connectivity index (χ1v) is 8.36. The summed E-state index contributed by atoms with van der Waals surface area (Å²) in [5.41, 5.74) is 0.614. The Morgan fingerprint density at radius 2 is 2.17 bits per heavy atom. The van der Waals surface area contributed by atoms with Crippen molar-refractivity contribution < 1.29 is 9.90 Å². The number of rotatable bonds is 3. The number of hydrogen-bond acceptors (Lipinski definition) is 3. The molecule has 1 amide bonds. The van der Waals surface area contributed by atoms with Gasteiger partial charge in [0.1, 0.15) is 5.69 Å². The Hall–Kier alpha value is -1.59. The second kappa shape index (κ2) is 6.13. The highest BCUT2D eigenvalue weighted by molar-refractivity contribution is 6.33. The Morgan fingerprint density at radius 1 is 1.48 bits per heavy atom. The predicted molar refractivity (Wildman–Crippen MR) is 90.6 cm³/mol. The minimum atomic E-state index is -0.641. The van der Waals surface area contributed by atoms with E-state index >= 15 is 0 Å². The number of aromatic amines is 1. The normalized spacial score (nSPS) is 17.0. The third-order valence-corrected chi connectivity index (χ3v) is 4.70. The number of amides is 1. The first-order chi connectivity index (χ1) is 10.8. The van der Waals surface area contributed by atoms with E-state index in [1.54, 1.807) is 6.20 Å². The van der Waals surface area contributed by atoms with Gasteiger partial charge in [0.25, 0.3) is 5.91 Å². The molecule has 5 nitrogen and oxygen atoms in total. The molecule has 0 saturated carbocycles. The molecule has 124 valence electrons. The van der Waals surface area contributed by atoms with Gasteiger partial charge in [0.05, 0.1) is 11.1 Å². The number of carbonyl (C=O) groups excluding carboxylic acids is 1. The summed E-state index contributed by atoms with van der Waals surface area (Å²) in [5, 5.41) is 11.2. The molecule has 1 fully saturated rings. The summed E-state index contributed by atoms with van der Waals surface area (Å²) in [6.45, 7) is 5.13. The summed E-state index contributed by atoms with van der Waals surface area (Å²) < 4.78 is 0. The second-order valence-electron chi connectivity index (χ2n) is 7.00. The summed E-state index contributed by atoms with van der Waals surface area (Å²) in [7, 11) is 0. The molecule has 1 saturated heterocycles. The molecule has 23 heavy (non-hydrogen) atoms. The van der Waals surface area contributed by atoms with Gasteiger partial charge < -0.3 is 15.0 Å². The predicted octanol–water partition coefficient (Wildman–Crippen LogP) is 3.23. The molecular weight excluding hydrogens is 314 g/mol. The van der Waals surface area contributed by atoms with Crippen molar-refractivity contribution in [2.45, 2.75) is 38.7 Å². The van der Waals surface area contributed by atoms with E-state index in [4.69, 9.17) is 11.6 Å². The number of likely N-dealkylation sites (tertiary alicyclic amines) is 1. The lowest BCUT2D eigenvalue weighted by molar-refractivity contribution is 0.0357. The minimum Gasteiger partial charge on any atom is -0.390 e. The fourth-order valence-electron chi connectivity index (χ4n) is 3.35. The molecule has 0 aliphatic carbocycles. The van der Waals surface area contributed by atoms with Gasteiger partial charge in [-0.1, -0.05) is 11.6 Å².